The van der Waals surface area contributed by atoms with E-state index in [0.29, 0.717) is 10.8 Å². The van der Waals surface area contributed by atoms with Crippen LogP contribution in [-0.2, 0) is 10.0 Å². The Morgan fingerprint density at radius 1 is 1.19 bits per heavy atom. The Morgan fingerprint density at radius 2 is 2.00 bits per heavy atom. The second-order valence-corrected chi connectivity index (χ2v) is 7.38. The van der Waals surface area contributed by atoms with Crippen LogP contribution in [-0.4, -0.2) is 13.4 Å². The number of nitrogens with two attached hydrogens (primary N) is 1. The van der Waals surface area contributed by atoms with Crippen molar-refractivity contribution < 1.29 is 8.42 Å². The monoisotopic (exact) mass is 319 g/mol. The highest BCUT2D eigenvalue weighted by molar-refractivity contribution is 7.93. The van der Waals surface area contributed by atoms with Gasteiger partial charge in [-0.1, -0.05) is 23.5 Å². The molecule has 21 heavy (non-hydrogen) atoms. The molecular formula is C14H13N3O2S2. The van der Waals surface area contributed by atoms with Crippen molar-refractivity contribution in [3.05, 3.63) is 48.0 Å². The number of benzene rings is 2. The molecule has 2 aromatic carbocycles. The molecule has 0 aliphatic carbocycles. The predicted molar refractivity (Wildman–Crippen MR) is 86.0 cm³/mol. The van der Waals surface area contributed by atoms with E-state index in [-0.39, 0.29) is 4.90 Å². The van der Waals surface area contributed by atoms with Crippen molar-refractivity contribution in [1.82, 2.24) is 4.98 Å². The summed E-state index contributed by atoms with van der Waals surface area (Å²) in [6.45, 7) is 1.98. The third-order valence-electron chi connectivity index (χ3n) is 2.93. The molecule has 108 valence electrons. The quantitative estimate of drug-likeness (QED) is 0.727. The SMILES string of the molecule is Cc1ccc2nc(NS(=O)(=O)c3cccc(N)c3)sc2c1. The molecule has 0 bridgehead atoms. The fourth-order valence-electron chi connectivity index (χ4n) is 1.93. The first-order chi connectivity index (χ1) is 9.94. The van der Waals surface area contributed by atoms with Crippen LogP contribution in [0.3, 0.4) is 0 Å². The van der Waals surface area contributed by atoms with Crippen molar-refractivity contribution >= 4 is 42.4 Å². The van der Waals surface area contributed by atoms with Gasteiger partial charge >= 0.3 is 0 Å². The molecule has 5 nitrogen and oxygen atoms in total. The summed E-state index contributed by atoms with van der Waals surface area (Å²) in [6, 6.07) is 11.9. The average Bonchev–Trinajstić information content (AvgIpc) is 2.79. The van der Waals surface area contributed by atoms with Crippen molar-refractivity contribution in [3.63, 3.8) is 0 Å². The van der Waals surface area contributed by atoms with Crippen molar-refractivity contribution in [1.29, 1.82) is 0 Å². The number of sulfonamides is 1. The Hall–Kier alpha value is -2.12. The largest absolute Gasteiger partial charge is 0.399 e. The molecule has 0 aliphatic heterocycles. The maximum atomic E-state index is 12.3. The van der Waals surface area contributed by atoms with E-state index in [0.717, 1.165) is 15.8 Å². The molecule has 0 atom stereocenters. The third kappa shape index (κ3) is 2.84. The molecule has 0 amide bonds. The first kappa shape index (κ1) is 13.8. The van der Waals surface area contributed by atoms with Gasteiger partial charge in [-0.15, -0.1) is 0 Å². The number of rotatable bonds is 3. The minimum atomic E-state index is -3.68. The highest BCUT2D eigenvalue weighted by atomic mass is 32.2. The summed E-state index contributed by atoms with van der Waals surface area (Å²) in [5.74, 6) is 0. The van der Waals surface area contributed by atoms with E-state index in [1.54, 1.807) is 12.1 Å². The molecule has 3 aromatic rings. The molecule has 1 aromatic heterocycles. The molecule has 7 heteroatoms. The predicted octanol–water partition coefficient (Wildman–Crippen LogP) is 2.99. The Labute approximate surface area is 126 Å². The number of fused-ring (bicyclic) bond motifs is 1. The number of aromatic nitrogens is 1. The Kier molecular flexibility index (Phi) is 3.30. The van der Waals surface area contributed by atoms with Gasteiger partial charge in [-0.3, -0.25) is 4.72 Å². The summed E-state index contributed by atoms with van der Waals surface area (Å²) in [4.78, 5) is 4.41. The summed E-state index contributed by atoms with van der Waals surface area (Å²) >= 11 is 1.30. The topological polar surface area (TPSA) is 85.1 Å². The number of hydrogen-bond acceptors (Lipinski definition) is 5. The van der Waals surface area contributed by atoms with Crippen LogP contribution in [0.25, 0.3) is 10.2 Å². The van der Waals surface area contributed by atoms with Gasteiger partial charge in [-0.25, -0.2) is 13.4 Å². The number of thiazole rings is 1. The second-order valence-electron chi connectivity index (χ2n) is 4.67. The van der Waals surface area contributed by atoms with Gasteiger partial charge in [0, 0.05) is 5.69 Å². The molecule has 0 aliphatic rings. The Morgan fingerprint density at radius 3 is 2.76 bits per heavy atom. The first-order valence-electron chi connectivity index (χ1n) is 6.20. The summed E-state index contributed by atoms with van der Waals surface area (Å²) in [7, 11) is -3.68. The number of aryl methyl sites for hydroxylation is 1. The fourth-order valence-corrected chi connectivity index (χ4v) is 4.18. The molecule has 0 unspecified atom stereocenters. The van der Waals surface area contributed by atoms with Crippen LogP contribution in [0.2, 0.25) is 0 Å². The van der Waals surface area contributed by atoms with Crippen molar-refractivity contribution in [2.45, 2.75) is 11.8 Å². The molecule has 1 heterocycles. The van der Waals surface area contributed by atoms with Crippen LogP contribution in [0.1, 0.15) is 5.56 Å². The number of anilines is 2. The van der Waals surface area contributed by atoms with Gasteiger partial charge in [0.05, 0.1) is 15.1 Å². The lowest BCUT2D eigenvalue weighted by Crippen LogP contribution is -2.12. The molecule has 0 saturated carbocycles. The van der Waals surface area contributed by atoms with Gasteiger partial charge in [0.25, 0.3) is 10.0 Å². The number of nitrogen functional groups attached to an aromatic ring is 1. The van der Waals surface area contributed by atoms with Crippen LogP contribution < -0.4 is 10.5 Å². The van der Waals surface area contributed by atoms with E-state index in [1.807, 2.05) is 25.1 Å². The Balaban J connectivity index is 1.97. The van der Waals surface area contributed by atoms with Crippen molar-refractivity contribution in [2.75, 3.05) is 10.5 Å². The highest BCUT2D eigenvalue weighted by Crippen LogP contribution is 2.28. The van der Waals surface area contributed by atoms with Crippen molar-refractivity contribution in [2.24, 2.45) is 0 Å². The van der Waals surface area contributed by atoms with Crippen LogP contribution in [0.15, 0.2) is 47.4 Å². The van der Waals surface area contributed by atoms with E-state index in [4.69, 9.17) is 5.73 Å². The summed E-state index contributed by atoms with van der Waals surface area (Å²) in [5.41, 5.74) is 7.90. The standard InChI is InChI=1S/C14H13N3O2S2/c1-9-5-6-12-13(7-9)20-14(16-12)17-21(18,19)11-4-2-3-10(15)8-11/h2-8H,15H2,1H3,(H,16,17). The van der Waals surface area contributed by atoms with Crippen LogP contribution >= 0.6 is 11.3 Å². The fraction of sp³-hybridized carbons (Fsp3) is 0.0714. The zero-order valence-corrected chi connectivity index (χ0v) is 12.8. The summed E-state index contributed by atoms with van der Waals surface area (Å²) in [5, 5.41) is 0.345. The zero-order valence-electron chi connectivity index (χ0n) is 11.2. The molecule has 3 rings (SSSR count). The van der Waals surface area contributed by atoms with Crippen LogP contribution in [0, 0.1) is 6.92 Å². The average molecular weight is 319 g/mol. The van der Waals surface area contributed by atoms with E-state index in [2.05, 4.69) is 9.71 Å². The molecule has 0 saturated heterocycles. The van der Waals surface area contributed by atoms with E-state index < -0.39 is 10.0 Å². The summed E-state index contributed by atoms with van der Waals surface area (Å²) in [6.07, 6.45) is 0. The molecule has 0 spiro atoms. The van der Waals surface area contributed by atoms with E-state index in [1.165, 1.54) is 23.5 Å². The van der Waals surface area contributed by atoms with Crippen molar-refractivity contribution in [3.8, 4) is 0 Å². The van der Waals surface area contributed by atoms with Gasteiger partial charge in [0.15, 0.2) is 5.13 Å². The smallest absolute Gasteiger partial charge is 0.263 e. The zero-order chi connectivity index (χ0) is 15.0. The normalized spacial score (nSPS) is 11.7. The highest BCUT2D eigenvalue weighted by Gasteiger charge is 2.16. The minimum absolute atomic E-state index is 0.123. The van der Waals surface area contributed by atoms with Gasteiger partial charge in [0.1, 0.15) is 0 Å². The van der Waals surface area contributed by atoms with Crippen LogP contribution in [0.4, 0.5) is 10.8 Å². The van der Waals surface area contributed by atoms with Gasteiger partial charge in [-0.2, -0.15) is 0 Å². The van der Waals surface area contributed by atoms with E-state index in [9.17, 15) is 8.42 Å². The van der Waals surface area contributed by atoms with Crippen LogP contribution in [0.5, 0.6) is 0 Å². The third-order valence-corrected chi connectivity index (χ3v) is 5.33. The molecule has 3 N–H and O–H groups in total. The number of nitrogens with one attached hydrogen (secondary N) is 1. The molecule has 0 fully saturated rings. The van der Waals surface area contributed by atoms with Gasteiger partial charge in [-0.05, 0) is 42.8 Å². The van der Waals surface area contributed by atoms with Gasteiger partial charge in [0.2, 0.25) is 0 Å². The lowest BCUT2D eigenvalue weighted by atomic mass is 10.2. The van der Waals surface area contributed by atoms with Gasteiger partial charge < -0.3 is 5.73 Å². The number of nitrogens with zero attached hydrogens (tertiary/aromatic N) is 1. The maximum absolute atomic E-state index is 12.3. The maximum Gasteiger partial charge on any atom is 0.263 e. The number of hydrogen-bond donors (Lipinski definition) is 2. The minimum Gasteiger partial charge on any atom is -0.399 e. The Bertz CT molecular complexity index is 917. The lowest BCUT2D eigenvalue weighted by molar-refractivity contribution is 0.601. The van der Waals surface area contributed by atoms with E-state index >= 15 is 0 Å². The first-order valence-corrected chi connectivity index (χ1v) is 8.49. The lowest BCUT2D eigenvalue weighted by Gasteiger charge is -2.05. The molecule has 0 radical (unpaired) electrons. The molecular weight excluding hydrogens is 306 g/mol. The second kappa shape index (κ2) is 5.01. The summed E-state index contributed by atoms with van der Waals surface area (Å²) < 4.78 is 28.0.